The molecule has 2 amide bonds. The smallest absolute Gasteiger partial charge is 0.244 e. The van der Waals surface area contributed by atoms with Crippen molar-refractivity contribution in [1.29, 1.82) is 0 Å². The van der Waals surface area contributed by atoms with E-state index in [0.717, 1.165) is 12.3 Å². The summed E-state index contributed by atoms with van der Waals surface area (Å²) in [5.41, 5.74) is 0.337. The van der Waals surface area contributed by atoms with E-state index < -0.39 is 40.2 Å². The highest BCUT2D eigenvalue weighted by Crippen LogP contribution is 2.23. The maximum Gasteiger partial charge on any atom is 0.244 e. The van der Waals surface area contributed by atoms with E-state index in [1.807, 2.05) is 0 Å². The molecule has 2 rings (SSSR count). The molecule has 7 nitrogen and oxygen atoms in total. The number of carbonyl (C=O) groups excluding carboxylic acids is 2. The molecule has 1 N–H and O–H groups in total. The van der Waals surface area contributed by atoms with Crippen LogP contribution in [0.3, 0.4) is 0 Å². The van der Waals surface area contributed by atoms with Crippen LogP contribution in [0.15, 0.2) is 48.5 Å². The number of nitrogens with one attached hydrogen (secondary N) is 1. The fraction of sp³-hybridized carbons (Fsp3) is 0.364. The molecule has 2 aromatic carbocycles. The van der Waals surface area contributed by atoms with E-state index in [1.165, 1.54) is 23.1 Å². The Balaban J connectivity index is 2.42. The lowest BCUT2D eigenvalue weighted by molar-refractivity contribution is -0.139. The van der Waals surface area contributed by atoms with Gasteiger partial charge in [-0.05, 0) is 44.5 Å². The maximum atomic E-state index is 14.3. The molecular weight excluding hydrogens is 457 g/mol. The van der Waals surface area contributed by atoms with Gasteiger partial charge in [0.15, 0.2) is 0 Å². The molecule has 0 aliphatic rings. The van der Waals surface area contributed by atoms with Gasteiger partial charge in [0, 0.05) is 17.6 Å². The van der Waals surface area contributed by atoms with Gasteiger partial charge in [-0.1, -0.05) is 41.9 Å². The van der Waals surface area contributed by atoms with Crippen molar-refractivity contribution in [2.24, 2.45) is 0 Å². The molecule has 0 radical (unpaired) electrons. The van der Waals surface area contributed by atoms with E-state index in [9.17, 15) is 22.4 Å². The lowest BCUT2D eigenvalue weighted by atomic mass is 10.1. The average molecular weight is 484 g/mol. The van der Waals surface area contributed by atoms with Gasteiger partial charge in [-0.2, -0.15) is 0 Å². The summed E-state index contributed by atoms with van der Waals surface area (Å²) < 4.78 is 39.8. The highest BCUT2D eigenvalue weighted by atomic mass is 35.5. The third-order valence-electron chi connectivity index (χ3n) is 4.70. The summed E-state index contributed by atoms with van der Waals surface area (Å²) in [6.07, 6.45) is 0.889. The third kappa shape index (κ3) is 6.67. The molecule has 0 heterocycles. The number of hydrogen-bond acceptors (Lipinski definition) is 4. The summed E-state index contributed by atoms with van der Waals surface area (Å²) in [5, 5.41) is 3.14. The van der Waals surface area contributed by atoms with Gasteiger partial charge in [0.1, 0.15) is 18.4 Å². The van der Waals surface area contributed by atoms with Crippen LogP contribution in [0, 0.1) is 5.82 Å². The fourth-order valence-corrected chi connectivity index (χ4v) is 4.09. The molecule has 0 saturated heterocycles. The van der Waals surface area contributed by atoms with Crippen molar-refractivity contribution in [3.05, 3.63) is 64.9 Å². The lowest BCUT2D eigenvalue weighted by Gasteiger charge is -2.32. The molecule has 0 spiro atoms. The van der Waals surface area contributed by atoms with Crippen LogP contribution in [0.1, 0.15) is 26.3 Å². The Bertz CT molecular complexity index is 1080. The molecule has 2 aromatic rings. The van der Waals surface area contributed by atoms with E-state index in [1.54, 1.807) is 45.0 Å². The van der Waals surface area contributed by atoms with Crippen molar-refractivity contribution in [3.8, 4) is 0 Å². The number of carbonyl (C=O) groups is 2. The van der Waals surface area contributed by atoms with Gasteiger partial charge in [-0.15, -0.1) is 0 Å². The van der Waals surface area contributed by atoms with E-state index in [0.29, 0.717) is 14.9 Å². The molecule has 0 fully saturated rings. The highest BCUT2D eigenvalue weighted by Gasteiger charge is 2.31. The largest absolute Gasteiger partial charge is 0.352 e. The summed E-state index contributed by atoms with van der Waals surface area (Å²) in [7, 11) is -4.00. The average Bonchev–Trinajstić information content (AvgIpc) is 2.70. The molecule has 0 saturated carbocycles. The number of halogens is 2. The van der Waals surface area contributed by atoms with Crippen molar-refractivity contribution in [3.63, 3.8) is 0 Å². The molecule has 174 valence electrons. The number of sulfonamides is 1. The summed E-state index contributed by atoms with van der Waals surface area (Å²) in [4.78, 5) is 27.2. The van der Waals surface area contributed by atoms with Crippen LogP contribution < -0.4 is 9.62 Å². The first-order valence-electron chi connectivity index (χ1n) is 9.97. The van der Waals surface area contributed by atoms with Crippen molar-refractivity contribution < 1.29 is 22.4 Å². The fourth-order valence-electron chi connectivity index (χ4n) is 3.05. The van der Waals surface area contributed by atoms with Crippen molar-refractivity contribution >= 4 is 39.1 Å². The molecule has 0 aliphatic heterocycles. The van der Waals surface area contributed by atoms with Crippen molar-refractivity contribution in [2.75, 3.05) is 17.1 Å². The van der Waals surface area contributed by atoms with Crippen LogP contribution in [0.25, 0.3) is 0 Å². The Kier molecular flexibility index (Phi) is 8.63. The van der Waals surface area contributed by atoms with E-state index in [4.69, 9.17) is 11.6 Å². The maximum absolute atomic E-state index is 14.3. The molecular formula is C22H27ClFN3O4S. The number of hydrogen-bond donors (Lipinski definition) is 1. The summed E-state index contributed by atoms with van der Waals surface area (Å²) >= 11 is 6.24. The van der Waals surface area contributed by atoms with Crippen LogP contribution >= 0.6 is 11.6 Å². The Labute approximate surface area is 193 Å². The SMILES string of the molecule is CC(C)NC(=O)C(C)N(Cc1ccccc1Cl)C(=O)CN(c1ccccc1F)S(C)(=O)=O. The second kappa shape index (κ2) is 10.8. The molecule has 0 bridgehead atoms. The zero-order chi connectivity index (χ0) is 24.1. The lowest BCUT2D eigenvalue weighted by Crippen LogP contribution is -2.52. The van der Waals surface area contributed by atoms with Gasteiger partial charge in [0.2, 0.25) is 21.8 Å². The van der Waals surface area contributed by atoms with Crippen molar-refractivity contribution in [1.82, 2.24) is 10.2 Å². The van der Waals surface area contributed by atoms with Gasteiger partial charge in [0.05, 0.1) is 11.9 Å². The predicted octanol–water partition coefficient (Wildman–Crippen LogP) is 3.19. The Hall–Kier alpha value is -2.65. The normalized spacial score (nSPS) is 12.3. The minimum Gasteiger partial charge on any atom is -0.352 e. The Morgan fingerprint density at radius 3 is 2.22 bits per heavy atom. The quantitative estimate of drug-likeness (QED) is 0.593. The molecule has 1 unspecified atom stereocenters. The van der Waals surface area contributed by atoms with Crippen LogP contribution in [0.2, 0.25) is 5.02 Å². The molecule has 0 aromatic heterocycles. The van der Waals surface area contributed by atoms with Crippen LogP contribution in [-0.2, 0) is 26.2 Å². The monoisotopic (exact) mass is 483 g/mol. The number of para-hydroxylation sites is 1. The molecule has 1 atom stereocenters. The first kappa shape index (κ1) is 25.6. The second-order valence-electron chi connectivity index (χ2n) is 7.67. The predicted molar refractivity (Wildman–Crippen MR) is 123 cm³/mol. The van der Waals surface area contributed by atoms with E-state index >= 15 is 0 Å². The molecule has 0 aliphatic carbocycles. The third-order valence-corrected chi connectivity index (χ3v) is 6.19. The van der Waals surface area contributed by atoms with Gasteiger partial charge in [-0.3, -0.25) is 13.9 Å². The Morgan fingerprint density at radius 2 is 1.66 bits per heavy atom. The molecule has 10 heteroatoms. The number of nitrogens with zero attached hydrogens (tertiary/aromatic N) is 2. The second-order valence-corrected chi connectivity index (χ2v) is 9.99. The van der Waals surface area contributed by atoms with Gasteiger partial charge >= 0.3 is 0 Å². The van der Waals surface area contributed by atoms with Gasteiger partial charge in [-0.25, -0.2) is 12.8 Å². The van der Waals surface area contributed by atoms with Gasteiger partial charge in [0.25, 0.3) is 0 Å². The number of amides is 2. The molecule has 32 heavy (non-hydrogen) atoms. The van der Waals surface area contributed by atoms with Crippen LogP contribution in [0.5, 0.6) is 0 Å². The van der Waals surface area contributed by atoms with E-state index in [2.05, 4.69) is 5.32 Å². The van der Waals surface area contributed by atoms with Crippen molar-refractivity contribution in [2.45, 2.75) is 39.4 Å². The van der Waals surface area contributed by atoms with Gasteiger partial charge < -0.3 is 10.2 Å². The zero-order valence-corrected chi connectivity index (χ0v) is 20.0. The van der Waals surface area contributed by atoms with E-state index in [-0.39, 0.29) is 18.3 Å². The minimum atomic E-state index is -4.00. The number of rotatable bonds is 9. The topological polar surface area (TPSA) is 86.8 Å². The van der Waals surface area contributed by atoms with Crippen LogP contribution in [0.4, 0.5) is 10.1 Å². The number of anilines is 1. The first-order valence-corrected chi connectivity index (χ1v) is 12.2. The van der Waals surface area contributed by atoms with Crippen LogP contribution in [-0.4, -0.2) is 50.0 Å². The summed E-state index contributed by atoms with van der Waals surface area (Å²) in [6, 6.07) is 11.0. The summed E-state index contributed by atoms with van der Waals surface area (Å²) in [6.45, 7) is 4.41. The highest BCUT2D eigenvalue weighted by molar-refractivity contribution is 7.92. The first-order chi connectivity index (χ1) is 14.9. The Morgan fingerprint density at radius 1 is 1.06 bits per heavy atom. The number of benzene rings is 2. The summed E-state index contributed by atoms with van der Waals surface area (Å²) in [5.74, 6) is -1.86. The minimum absolute atomic E-state index is 0.0277. The zero-order valence-electron chi connectivity index (χ0n) is 18.4. The standard InChI is InChI=1S/C22H27ClFN3O4S/c1-15(2)25-22(29)16(3)26(13-17-9-5-6-10-18(17)23)21(28)14-27(32(4,30)31)20-12-8-7-11-19(20)24/h5-12,15-16H,13-14H2,1-4H3,(H,25,29).